The molecule has 1 aromatic carbocycles. The van der Waals surface area contributed by atoms with E-state index < -0.39 is 0 Å². The average molecular weight is 338 g/mol. The lowest BCUT2D eigenvalue weighted by Crippen LogP contribution is -2.34. The lowest BCUT2D eigenvalue weighted by molar-refractivity contribution is 0.207. The van der Waals surface area contributed by atoms with Gasteiger partial charge in [-0.05, 0) is 57.1 Å². The number of rotatable bonds is 6. The van der Waals surface area contributed by atoms with Gasteiger partial charge in [-0.2, -0.15) is 0 Å². The fraction of sp³-hybridized carbons (Fsp3) is 0.450. The van der Waals surface area contributed by atoms with E-state index in [0.717, 1.165) is 49.0 Å². The van der Waals surface area contributed by atoms with E-state index in [-0.39, 0.29) is 0 Å². The minimum absolute atomic E-state index is 0.297. The standard InChI is InChI=1S/C20H26N4O/c1-15-9-10-19(25-15)18(24-11-5-6-12-24)13-21-14-20-22-16-7-3-4-8-17(16)23(20)2/h3-4,7-10,18,21H,5-6,11-14H2,1-2H3. The largest absolute Gasteiger partial charge is 0.465 e. The Balaban J connectivity index is 1.46. The molecule has 0 spiro atoms. The molecule has 3 aromatic rings. The molecule has 1 N–H and O–H groups in total. The van der Waals surface area contributed by atoms with Crippen molar-refractivity contribution in [2.75, 3.05) is 19.6 Å². The van der Waals surface area contributed by atoms with Gasteiger partial charge >= 0.3 is 0 Å². The van der Waals surface area contributed by atoms with Gasteiger partial charge in [0.25, 0.3) is 0 Å². The second-order valence-corrected chi connectivity index (χ2v) is 6.91. The smallest absolute Gasteiger partial charge is 0.123 e. The van der Waals surface area contributed by atoms with E-state index in [1.165, 1.54) is 18.4 Å². The molecule has 1 aliphatic rings. The number of nitrogens with one attached hydrogen (secondary N) is 1. The van der Waals surface area contributed by atoms with E-state index in [9.17, 15) is 0 Å². The third kappa shape index (κ3) is 3.34. The van der Waals surface area contributed by atoms with Crippen LogP contribution in [0.1, 0.15) is 36.2 Å². The maximum atomic E-state index is 5.93. The molecule has 5 heteroatoms. The quantitative estimate of drug-likeness (QED) is 0.748. The first-order valence-corrected chi connectivity index (χ1v) is 9.14. The summed E-state index contributed by atoms with van der Waals surface area (Å²) in [7, 11) is 2.08. The maximum Gasteiger partial charge on any atom is 0.123 e. The molecule has 0 radical (unpaired) electrons. The molecule has 0 amide bonds. The lowest BCUT2D eigenvalue weighted by atomic mass is 10.2. The fourth-order valence-corrected chi connectivity index (χ4v) is 3.77. The van der Waals surface area contributed by atoms with Crippen LogP contribution in [0.2, 0.25) is 0 Å². The van der Waals surface area contributed by atoms with E-state index in [1.54, 1.807) is 0 Å². The Morgan fingerprint density at radius 3 is 2.68 bits per heavy atom. The van der Waals surface area contributed by atoms with Crippen molar-refractivity contribution < 1.29 is 4.42 Å². The molecular formula is C20H26N4O. The number of aromatic nitrogens is 2. The van der Waals surface area contributed by atoms with Crippen molar-refractivity contribution >= 4 is 11.0 Å². The number of fused-ring (bicyclic) bond motifs is 1. The van der Waals surface area contributed by atoms with Crippen molar-refractivity contribution in [3.63, 3.8) is 0 Å². The van der Waals surface area contributed by atoms with Crippen molar-refractivity contribution in [3.8, 4) is 0 Å². The highest BCUT2D eigenvalue weighted by atomic mass is 16.3. The predicted octanol–water partition coefficient (Wildman–Crippen LogP) is 3.40. The summed E-state index contributed by atoms with van der Waals surface area (Å²) in [5, 5.41) is 3.60. The molecule has 0 bridgehead atoms. The molecule has 1 aliphatic heterocycles. The number of furan rings is 1. The van der Waals surface area contributed by atoms with E-state index >= 15 is 0 Å². The molecule has 2 aromatic heterocycles. The molecule has 5 nitrogen and oxygen atoms in total. The summed E-state index contributed by atoms with van der Waals surface area (Å²) in [5.41, 5.74) is 2.23. The fourth-order valence-electron chi connectivity index (χ4n) is 3.77. The summed E-state index contributed by atoms with van der Waals surface area (Å²) < 4.78 is 8.10. The molecule has 4 rings (SSSR count). The second-order valence-electron chi connectivity index (χ2n) is 6.91. The van der Waals surface area contributed by atoms with Crippen LogP contribution in [0.15, 0.2) is 40.8 Å². The topological polar surface area (TPSA) is 46.2 Å². The van der Waals surface area contributed by atoms with Crippen LogP contribution in [0.4, 0.5) is 0 Å². The Labute approximate surface area is 148 Å². The summed E-state index contributed by atoms with van der Waals surface area (Å²) in [5.74, 6) is 3.11. The minimum atomic E-state index is 0.297. The summed E-state index contributed by atoms with van der Waals surface area (Å²) in [6, 6.07) is 12.8. The molecule has 0 saturated carbocycles. The molecule has 3 heterocycles. The Morgan fingerprint density at radius 2 is 1.96 bits per heavy atom. The first-order valence-electron chi connectivity index (χ1n) is 9.14. The van der Waals surface area contributed by atoms with Gasteiger partial charge in [-0.1, -0.05) is 12.1 Å². The number of nitrogens with zero attached hydrogens (tertiary/aromatic N) is 3. The van der Waals surface area contributed by atoms with Gasteiger partial charge in [0.15, 0.2) is 0 Å². The van der Waals surface area contributed by atoms with E-state index in [0.29, 0.717) is 6.04 Å². The maximum absolute atomic E-state index is 5.93. The van der Waals surface area contributed by atoms with Gasteiger partial charge in [0, 0.05) is 13.6 Å². The van der Waals surface area contributed by atoms with Crippen LogP contribution in [0, 0.1) is 6.92 Å². The average Bonchev–Trinajstić information content (AvgIpc) is 3.34. The number of para-hydroxylation sites is 2. The minimum Gasteiger partial charge on any atom is -0.465 e. The highest BCUT2D eigenvalue weighted by Crippen LogP contribution is 2.26. The summed E-state index contributed by atoms with van der Waals surface area (Å²) in [4.78, 5) is 7.27. The van der Waals surface area contributed by atoms with Crippen LogP contribution in [-0.4, -0.2) is 34.1 Å². The Morgan fingerprint density at radius 1 is 1.16 bits per heavy atom. The zero-order valence-corrected chi connectivity index (χ0v) is 15.0. The highest BCUT2D eigenvalue weighted by molar-refractivity contribution is 5.75. The van der Waals surface area contributed by atoms with Crippen molar-refractivity contribution in [3.05, 3.63) is 53.7 Å². The van der Waals surface area contributed by atoms with Gasteiger partial charge < -0.3 is 14.3 Å². The lowest BCUT2D eigenvalue weighted by Gasteiger charge is -2.26. The first-order chi connectivity index (χ1) is 12.2. The first kappa shape index (κ1) is 16.4. The Kier molecular flexibility index (Phi) is 4.59. The molecule has 132 valence electrons. The number of hydrogen-bond acceptors (Lipinski definition) is 4. The van der Waals surface area contributed by atoms with Crippen molar-refractivity contribution in [1.29, 1.82) is 0 Å². The van der Waals surface area contributed by atoms with Gasteiger partial charge in [-0.3, -0.25) is 4.90 Å². The SMILES string of the molecule is Cc1ccc(C(CNCc2nc3ccccc3n2C)N2CCCC2)o1. The zero-order valence-electron chi connectivity index (χ0n) is 15.0. The van der Waals surface area contributed by atoms with Gasteiger partial charge in [-0.15, -0.1) is 0 Å². The molecule has 1 atom stereocenters. The second kappa shape index (κ2) is 7.02. The number of likely N-dealkylation sites (tertiary alicyclic amines) is 1. The van der Waals surface area contributed by atoms with E-state index in [1.807, 2.05) is 13.0 Å². The summed E-state index contributed by atoms with van der Waals surface area (Å²) in [6.07, 6.45) is 2.56. The Hall–Kier alpha value is -2.11. The van der Waals surface area contributed by atoms with Crippen molar-refractivity contribution in [1.82, 2.24) is 19.8 Å². The van der Waals surface area contributed by atoms with Crippen molar-refractivity contribution in [2.24, 2.45) is 7.05 Å². The van der Waals surface area contributed by atoms with Crippen LogP contribution < -0.4 is 5.32 Å². The van der Waals surface area contributed by atoms with E-state index in [2.05, 4.69) is 52.2 Å². The van der Waals surface area contributed by atoms with Gasteiger partial charge in [0.1, 0.15) is 17.3 Å². The highest BCUT2D eigenvalue weighted by Gasteiger charge is 2.25. The summed E-state index contributed by atoms with van der Waals surface area (Å²) >= 11 is 0. The van der Waals surface area contributed by atoms with Crippen LogP contribution in [0.5, 0.6) is 0 Å². The number of hydrogen-bond donors (Lipinski definition) is 1. The third-order valence-corrected chi connectivity index (χ3v) is 5.17. The van der Waals surface area contributed by atoms with Crippen LogP contribution >= 0.6 is 0 Å². The monoisotopic (exact) mass is 338 g/mol. The normalized spacial score (nSPS) is 16.7. The number of aryl methyl sites for hydroxylation is 2. The molecule has 1 saturated heterocycles. The molecule has 0 aliphatic carbocycles. The third-order valence-electron chi connectivity index (χ3n) is 5.17. The van der Waals surface area contributed by atoms with E-state index in [4.69, 9.17) is 9.40 Å². The summed E-state index contributed by atoms with van der Waals surface area (Å²) in [6.45, 7) is 5.94. The zero-order chi connectivity index (χ0) is 17.2. The van der Waals surface area contributed by atoms with Gasteiger partial charge in [-0.25, -0.2) is 4.98 Å². The van der Waals surface area contributed by atoms with Gasteiger partial charge in [0.2, 0.25) is 0 Å². The predicted molar refractivity (Wildman–Crippen MR) is 99.4 cm³/mol. The molecular weight excluding hydrogens is 312 g/mol. The molecule has 25 heavy (non-hydrogen) atoms. The molecule has 1 fully saturated rings. The molecule has 1 unspecified atom stereocenters. The van der Waals surface area contributed by atoms with Crippen LogP contribution in [0.25, 0.3) is 11.0 Å². The van der Waals surface area contributed by atoms with Crippen LogP contribution in [0.3, 0.4) is 0 Å². The number of imidazole rings is 1. The number of benzene rings is 1. The van der Waals surface area contributed by atoms with Crippen molar-refractivity contribution in [2.45, 2.75) is 32.4 Å². The Bertz CT molecular complexity index is 844. The van der Waals surface area contributed by atoms with Crippen LogP contribution in [-0.2, 0) is 13.6 Å². The van der Waals surface area contributed by atoms with Gasteiger partial charge in [0.05, 0.1) is 23.6 Å².